The minimum Gasteiger partial charge on any atom is -0.491 e. The average Bonchev–Trinajstić information content (AvgIpc) is 2.99. The van der Waals surface area contributed by atoms with Gasteiger partial charge in [0.2, 0.25) is 5.91 Å². The molecule has 1 aliphatic rings. The molecule has 3 nitrogen and oxygen atoms in total. The third-order valence-corrected chi connectivity index (χ3v) is 4.34. The fourth-order valence-electron chi connectivity index (χ4n) is 3.09. The Kier molecular flexibility index (Phi) is 5.87. The van der Waals surface area contributed by atoms with E-state index in [2.05, 4.69) is 26.0 Å². The topological polar surface area (TPSA) is 29.5 Å². The van der Waals surface area contributed by atoms with Crippen molar-refractivity contribution in [2.24, 2.45) is 5.92 Å². The van der Waals surface area contributed by atoms with Gasteiger partial charge in [0.05, 0.1) is 6.10 Å². The highest BCUT2D eigenvalue weighted by Crippen LogP contribution is 2.30. The first kappa shape index (κ1) is 16.9. The summed E-state index contributed by atoms with van der Waals surface area (Å²) < 4.78 is 5.70. The highest BCUT2D eigenvalue weighted by molar-refractivity contribution is 5.77. The van der Waals surface area contributed by atoms with Crippen molar-refractivity contribution in [3.63, 3.8) is 0 Å². The van der Waals surface area contributed by atoms with Crippen molar-refractivity contribution in [2.45, 2.75) is 59.0 Å². The number of hydrogen-bond acceptors (Lipinski definition) is 2. The summed E-state index contributed by atoms with van der Waals surface area (Å²) in [4.78, 5) is 14.5. The van der Waals surface area contributed by atoms with Crippen LogP contribution in [-0.4, -0.2) is 30.0 Å². The predicted molar refractivity (Wildman–Crippen MR) is 90.2 cm³/mol. The Labute approximate surface area is 134 Å². The van der Waals surface area contributed by atoms with E-state index in [1.807, 2.05) is 30.9 Å². The largest absolute Gasteiger partial charge is 0.491 e. The number of hydrogen-bond donors (Lipinski definition) is 0. The van der Waals surface area contributed by atoms with Crippen LogP contribution in [0.15, 0.2) is 24.3 Å². The average molecular weight is 303 g/mol. The molecule has 0 N–H and O–H groups in total. The third-order valence-electron chi connectivity index (χ3n) is 4.34. The van der Waals surface area contributed by atoms with Crippen molar-refractivity contribution in [2.75, 3.05) is 13.1 Å². The molecule has 2 rings (SSSR count). The van der Waals surface area contributed by atoms with Crippen molar-refractivity contribution >= 4 is 5.91 Å². The molecule has 1 fully saturated rings. The maximum absolute atomic E-state index is 12.4. The summed E-state index contributed by atoms with van der Waals surface area (Å²) in [5.41, 5.74) is 1.23. The van der Waals surface area contributed by atoms with Gasteiger partial charge in [-0.3, -0.25) is 4.79 Å². The van der Waals surface area contributed by atoms with Gasteiger partial charge in [-0.1, -0.05) is 26.0 Å². The van der Waals surface area contributed by atoms with Crippen molar-refractivity contribution < 1.29 is 9.53 Å². The third kappa shape index (κ3) is 4.49. The van der Waals surface area contributed by atoms with Crippen LogP contribution in [0, 0.1) is 5.92 Å². The van der Waals surface area contributed by atoms with Crippen LogP contribution in [0.1, 0.15) is 58.4 Å². The van der Waals surface area contributed by atoms with Gasteiger partial charge in [0.1, 0.15) is 5.75 Å². The molecule has 1 amide bonds. The minimum absolute atomic E-state index is 0.184. The number of amides is 1. The smallest absolute Gasteiger partial charge is 0.223 e. The second-order valence-corrected chi connectivity index (χ2v) is 6.88. The molecule has 0 saturated carbocycles. The molecule has 122 valence electrons. The molecule has 0 spiro atoms. The Morgan fingerprint density at radius 2 is 1.68 bits per heavy atom. The molecule has 1 saturated heterocycles. The van der Waals surface area contributed by atoms with E-state index in [4.69, 9.17) is 4.74 Å². The van der Waals surface area contributed by atoms with Crippen molar-refractivity contribution in [1.29, 1.82) is 0 Å². The number of carbonyl (C=O) groups is 1. The normalized spacial score (nSPS) is 16.4. The van der Waals surface area contributed by atoms with Crippen LogP contribution in [0.25, 0.3) is 0 Å². The first-order chi connectivity index (χ1) is 10.5. The lowest BCUT2D eigenvalue weighted by molar-refractivity contribution is -0.130. The van der Waals surface area contributed by atoms with Crippen LogP contribution >= 0.6 is 0 Å². The van der Waals surface area contributed by atoms with Gasteiger partial charge in [-0.2, -0.15) is 0 Å². The molecule has 1 heterocycles. The number of ether oxygens (including phenoxy) is 1. The summed E-state index contributed by atoms with van der Waals surface area (Å²) in [7, 11) is 0. The SMILES string of the molecule is CC(C)Oc1ccc([C@@H](CC(=O)N2CCCC2)C(C)C)cc1. The molecule has 0 unspecified atom stereocenters. The highest BCUT2D eigenvalue weighted by atomic mass is 16.5. The molecule has 3 heteroatoms. The van der Waals surface area contributed by atoms with Gasteiger partial charge in [0, 0.05) is 19.5 Å². The van der Waals surface area contributed by atoms with E-state index in [0.29, 0.717) is 18.2 Å². The van der Waals surface area contributed by atoms with E-state index in [-0.39, 0.29) is 12.0 Å². The molecule has 0 aliphatic carbocycles. The minimum atomic E-state index is 0.184. The highest BCUT2D eigenvalue weighted by Gasteiger charge is 2.24. The summed E-state index contributed by atoms with van der Waals surface area (Å²) in [6, 6.07) is 8.26. The van der Waals surface area contributed by atoms with Gasteiger partial charge in [0.15, 0.2) is 0 Å². The summed E-state index contributed by atoms with van der Waals surface area (Å²) in [5, 5.41) is 0. The van der Waals surface area contributed by atoms with Crippen LogP contribution in [0.3, 0.4) is 0 Å². The standard InChI is InChI=1S/C19H29NO2/c1-14(2)18(13-19(21)20-11-5-6-12-20)16-7-9-17(10-8-16)22-15(3)4/h7-10,14-15,18H,5-6,11-13H2,1-4H3/t18-/m0/s1. The zero-order chi connectivity index (χ0) is 16.1. The summed E-state index contributed by atoms with van der Waals surface area (Å²) in [6.07, 6.45) is 3.10. The van der Waals surface area contributed by atoms with Crippen LogP contribution < -0.4 is 4.74 Å². The quantitative estimate of drug-likeness (QED) is 0.787. The maximum Gasteiger partial charge on any atom is 0.223 e. The first-order valence-electron chi connectivity index (χ1n) is 8.51. The van der Waals surface area contributed by atoms with Crippen LogP contribution in [0.5, 0.6) is 5.75 Å². The van der Waals surface area contributed by atoms with Gasteiger partial charge >= 0.3 is 0 Å². The summed E-state index contributed by atoms with van der Waals surface area (Å²) in [6.45, 7) is 10.3. The zero-order valence-electron chi connectivity index (χ0n) is 14.3. The molecule has 1 aliphatic heterocycles. The number of benzene rings is 1. The van der Waals surface area contributed by atoms with Crippen LogP contribution in [0.2, 0.25) is 0 Å². The lowest BCUT2D eigenvalue weighted by Gasteiger charge is -2.24. The summed E-state index contributed by atoms with van der Waals surface area (Å²) in [5.74, 6) is 1.93. The van der Waals surface area contributed by atoms with E-state index >= 15 is 0 Å². The first-order valence-corrected chi connectivity index (χ1v) is 8.51. The van der Waals surface area contributed by atoms with Gasteiger partial charge in [-0.15, -0.1) is 0 Å². The number of rotatable bonds is 6. The molecule has 0 bridgehead atoms. The van der Waals surface area contributed by atoms with Gasteiger partial charge in [-0.25, -0.2) is 0 Å². The van der Waals surface area contributed by atoms with E-state index in [9.17, 15) is 4.79 Å². The monoisotopic (exact) mass is 303 g/mol. The van der Waals surface area contributed by atoms with E-state index < -0.39 is 0 Å². The van der Waals surface area contributed by atoms with E-state index in [1.54, 1.807) is 0 Å². The van der Waals surface area contributed by atoms with E-state index in [0.717, 1.165) is 31.7 Å². The lowest BCUT2D eigenvalue weighted by Crippen LogP contribution is -2.29. The Morgan fingerprint density at radius 1 is 1.09 bits per heavy atom. The second kappa shape index (κ2) is 7.66. The maximum atomic E-state index is 12.4. The van der Waals surface area contributed by atoms with Crippen molar-refractivity contribution in [3.05, 3.63) is 29.8 Å². The molecular formula is C19H29NO2. The lowest BCUT2D eigenvalue weighted by atomic mass is 9.85. The van der Waals surface area contributed by atoms with Crippen molar-refractivity contribution in [3.8, 4) is 5.75 Å². The van der Waals surface area contributed by atoms with Gasteiger partial charge < -0.3 is 9.64 Å². The second-order valence-electron chi connectivity index (χ2n) is 6.88. The van der Waals surface area contributed by atoms with E-state index in [1.165, 1.54) is 5.56 Å². The number of nitrogens with zero attached hydrogens (tertiary/aromatic N) is 1. The predicted octanol–water partition coefficient (Wildman–Crippen LogP) is 4.23. The number of carbonyl (C=O) groups excluding carboxylic acids is 1. The van der Waals surface area contributed by atoms with Gasteiger partial charge in [-0.05, 0) is 56.2 Å². The molecule has 1 atom stereocenters. The fraction of sp³-hybridized carbons (Fsp3) is 0.632. The Hall–Kier alpha value is -1.51. The van der Waals surface area contributed by atoms with Gasteiger partial charge in [0.25, 0.3) is 0 Å². The zero-order valence-corrected chi connectivity index (χ0v) is 14.3. The fourth-order valence-corrected chi connectivity index (χ4v) is 3.09. The molecule has 22 heavy (non-hydrogen) atoms. The molecule has 0 radical (unpaired) electrons. The molecule has 0 aromatic heterocycles. The molecule has 1 aromatic carbocycles. The van der Waals surface area contributed by atoms with Crippen molar-refractivity contribution in [1.82, 2.24) is 4.90 Å². The Bertz CT molecular complexity index is 473. The van der Waals surface area contributed by atoms with Crippen LogP contribution in [-0.2, 0) is 4.79 Å². The molecule has 1 aromatic rings. The number of likely N-dealkylation sites (tertiary alicyclic amines) is 1. The molecular weight excluding hydrogens is 274 g/mol. The Balaban J connectivity index is 2.05. The van der Waals surface area contributed by atoms with Crippen LogP contribution in [0.4, 0.5) is 0 Å². The Morgan fingerprint density at radius 3 is 2.18 bits per heavy atom. The summed E-state index contributed by atoms with van der Waals surface area (Å²) >= 11 is 0.